The highest BCUT2D eigenvalue weighted by Gasteiger charge is 2.12. The summed E-state index contributed by atoms with van der Waals surface area (Å²) in [6.07, 6.45) is 1.31. The second-order valence-electron chi connectivity index (χ2n) is 5.31. The van der Waals surface area contributed by atoms with Crippen molar-refractivity contribution in [3.05, 3.63) is 78.0 Å². The molecule has 0 saturated carbocycles. The van der Waals surface area contributed by atoms with Crippen molar-refractivity contribution in [2.24, 2.45) is 0 Å². The summed E-state index contributed by atoms with van der Waals surface area (Å²) in [6, 6.07) is 9.89. The fraction of sp³-hybridized carbons (Fsp3) is 0.0556. The topological polar surface area (TPSA) is 66.9 Å². The molecular formula is C18H13F3N4O. The number of anilines is 1. The number of amides is 2. The molecule has 0 aliphatic heterocycles. The quantitative estimate of drug-likeness (QED) is 0.744. The third kappa shape index (κ3) is 4.15. The Balaban J connectivity index is 1.65. The molecule has 3 rings (SSSR count). The van der Waals surface area contributed by atoms with Crippen molar-refractivity contribution in [3.8, 4) is 11.3 Å². The molecule has 0 radical (unpaired) electrons. The van der Waals surface area contributed by atoms with Crippen molar-refractivity contribution < 1.29 is 18.0 Å². The fourth-order valence-electron chi connectivity index (χ4n) is 2.22. The van der Waals surface area contributed by atoms with Gasteiger partial charge in [0.1, 0.15) is 29.5 Å². The lowest BCUT2D eigenvalue weighted by molar-refractivity contribution is 0.251. The lowest BCUT2D eigenvalue weighted by Gasteiger charge is -2.09. The minimum atomic E-state index is -0.874. The van der Waals surface area contributed by atoms with Crippen molar-refractivity contribution in [3.63, 3.8) is 0 Å². The Morgan fingerprint density at radius 3 is 2.35 bits per heavy atom. The number of hydrogen-bond donors (Lipinski definition) is 2. The first-order valence-electron chi connectivity index (χ1n) is 7.58. The van der Waals surface area contributed by atoms with Gasteiger partial charge in [0.2, 0.25) is 0 Å². The molecule has 0 atom stereocenters. The zero-order valence-corrected chi connectivity index (χ0v) is 13.3. The van der Waals surface area contributed by atoms with Crippen LogP contribution in [0.25, 0.3) is 11.3 Å². The van der Waals surface area contributed by atoms with Crippen LogP contribution in [0.1, 0.15) is 5.69 Å². The highest BCUT2D eigenvalue weighted by Crippen LogP contribution is 2.18. The number of benzene rings is 2. The van der Waals surface area contributed by atoms with Crippen molar-refractivity contribution >= 4 is 11.7 Å². The molecule has 0 unspecified atom stereocenters. The average Bonchev–Trinajstić information content (AvgIpc) is 2.64. The molecule has 26 heavy (non-hydrogen) atoms. The zero-order chi connectivity index (χ0) is 18.5. The molecule has 132 valence electrons. The number of aromatic nitrogens is 2. The summed E-state index contributed by atoms with van der Waals surface area (Å²) in [7, 11) is 0. The van der Waals surface area contributed by atoms with E-state index in [0.29, 0.717) is 17.0 Å². The van der Waals surface area contributed by atoms with E-state index in [2.05, 4.69) is 20.6 Å². The molecular weight excluding hydrogens is 345 g/mol. The minimum absolute atomic E-state index is 0.0125. The van der Waals surface area contributed by atoms with Crippen LogP contribution in [0.2, 0.25) is 0 Å². The summed E-state index contributed by atoms with van der Waals surface area (Å²) in [5.41, 5.74) is 1.19. The van der Waals surface area contributed by atoms with Gasteiger partial charge in [-0.25, -0.2) is 27.9 Å². The van der Waals surface area contributed by atoms with Crippen LogP contribution in [0.15, 0.2) is 54.9 Å². The van der Waals surface area contributed by atoms with Gasteiger partial charge in [0.25, 0.3) is 0 Å². The van der Waals surface area contributed by atoms with E-state index in [1.807, 2.05) is 0 Å². The van der Waals surface area contributed by atoms with Crippen LogP contribution in [0.4, 0.5) is 23.7 Å². The van der Waals surface area contributed by atoms with Crippen LogP contribution in [-0.4, -0.2) is 16.0 Å². The van der Waals surface area contributed by atoms with E-state index in [0.717, 1.165) is 12.1 Å². The summed E-state index contributed by atoms with van der Waals surface area (Å²) in [6.45, 7) is 0.0125. The van der Waals surface area contributed by atoms with E-state index in [4.69, 9.17) is 0 Å². The molecule has 3 aromatic rings. The number of carbonyl (C=O) groups excluding carboxylic acids is 1. The Labute approximate surface area is 146 Å². The third-order valence-corrected chi connectivity index (χ3v) is 3.50. The Hall–Kier alpha value is -3.42. The number of halogens is 3. The highest BCUT2D eigenvalue weighted by atomic mass is 19.1. The van der Waals surface area contributed by atoms with E-state index < -0.39 is 23.4 Å². The van der Waals surface area contributed by atoms with Gasteiger partial charge in [-0.3, -0.25) is 0 Å². The van der Waals surface area contributed by atoms with E-state index in [1.165, 1.54) is 24.5 Å². The lowest BCUT2D eigenvalue weighted by atomic mass is 10.1. The first-order valence-corrected chi connectivity index (χ1v) is 7.58. The van der Waals surface area contributed by atoms with Crippen LogP contribution < -0.4 is 10.6 Å². The Kier molecular flexibility index (Phi) is 5.12. The van der Waals surface area contributed by atoms with Gasteiger partial charge in [-0.1, -0.05) is 6.07 Å². The first-order chi connectivity index (χ1) is 12.5. The van der Waals surface area contributed by atoms with Crippen LogP contribution >= 0.6 is 0 Å². The van der Waals surface area contributed by atoms with E-state index in [-0.39, 0.29) is 12.4 Å². The average molecular weight is 358 g/mol. The van der Waals surface area contributed by atoms with Crippen LogP contribution in [0.3, 0.4) is 0 Å². The van der Waals surface area contributed by atoms with E-state index in [1.54, 1.807) is 18.2 Å². The van der Waals surface area contributed by atoms with Gasteiger partial charge in [0.15, 0.2) is 0 Å². The molecule has 0 saturated heterocycles. The van der Waals surface area contributed by atoms with Crippen LogP contribution in [-0.2, 0) is 6.54 Å². The predicted octanol–water partition coefficient (Wildman–Crippen LogP) is 3.88. The maximum absolute atomic E-state index is 13.5. The number of nitrogens with one attached hydrogen (secondary N) is 2. The third-order valence-electron chi connectivity index (χ3n) is 3.50. The fourth-order valence-corrected chi connectivity index (χ4v) is 2.22. The molecule has 0 aliphatic carbocycles. The summed E-state index contributed by atoms with van der Waals surface area (Å²) in [4.78, 5) is 20.0. The van der Waals surface area contributed by atoms with Gasteiger partial charge < -0.3 is 10.6 Å². The summed E-state index contributed by atoms with van der Waals surface area (Å²) in [5.74, 6) is -2.11. The molecule has 2 amide bonds. The maximum Gasteiger partial charge on any atom is 0.319 e. The SMILES string of the molecule is O=C(NCc1cc(-c2ccc(F)cc2)ncn1)Nc1c(F)cccc1F. The zero-order valence-electron chi connectivity index (χ0n) is 13.3. The molecule has 0 spiro atoms. The Morgan fingerprint density at radius 1 is 0.962 bits per heavy atom. The van der Waals surface area contributed by atoms with Crippen molar-refractivity contribution in [1.82, 2.24) is 15.3 Å². The molecule has 2 N–H and O–H groups in total. The molecule has 5 nitrogen and oxygen atoms in total. The predicted molar refractivity (Wildman–Crippen MR) is 89.6 cm³/mol. The van der Waals surface area contributed by atoms with E-state index in [9.17, 15) is 18.0 Å². The monoisotopic (exact) mass is 358 g/mol. The van der Waals surface area contributed by atoms with Crippen LogP contribution in [0.5, 0.6) is 0 Å². The molecule has 8 heteroatoms. The standard InChI is InChI=1S/C18H13F3N4O/c19-12-6-4-11(5-7-12)16-8-13(23-10-24-16)9-22-18(26)25-17-14(20)2-1-3-15(17)21/h1-8,10H,9H2,(H2,22,25,26). The van der Waals surface area contributed by atoms with Crippen molar-refractivity contribution in [2.75, 3.05) is 5.32 Å². The summed E-state index contributed by atoms with van der Waals surface area (Å²) in [5, 5.41) is 4.57. The van der Waals surface area contributed by atoms with Crippen molar-refractivity contribution in [2.45, 2.75) is 6.54 Å². The number of para-hydroxylation sites is 1. The molecule has 1 heterocycles. The Bertz CT molecular complexity index is 912. The van der Waals surface area contributed by atoms with Gasteiger partial charge in [0.05, 0.1) is 17.9 Å². The summed E-state index contributed by atoms with van der Waals surface area (Å²) >= 11 is 0. The van der Waals surface area contributed by atoms with E-state index >= 15 is 0 Å². The second-order valence-corrected chi connectivity index (χ2v) is 5.31. The minimum Gasteiger partial charge on any atom is -0.332 e. The molecule has 1 aromatic heterocycles. The molecule has 0 bridgehead atoms. The maximum atomic E-state index is 13.5. The molecule has 2 aromatic carbocycles. The molecule has 0 fully saturated rings. The highest BCUT2D eigenvalue weighted by molar-refractivity contribution is 5.89. The first kappa shape index (κ1) is 17.4. The van der Waals surface area contributed by atoms with Gasteiger partial charge >= 0.3 is 6.03 Å². The largest absolute Gasteiger partial charge is 0.332 e. The van der Waals surface area contributed by atoms with Gasteiger partial charge in [-0.05, 0) is 42.5 Å². The smallest absolute Gasteiger partial charge is 0.319 e. The second kappa shape index (κ2) is 7.64. The number of rotatable bonds is 4. The summed E-state index contributed by atoms with van der Waals surface area (Å²) < 4.78 is 40.0. The van der Waals surface area contributed by atoms with Crippen LogP contribution in [0, 0.1) is 17.5 Å². The number of nitrogens with zero attached hydrogens (tertiary/aromatic N) is 2. The van der Waals surface area contributed by atoms with Crippen molar-refractivity contribution in [1.29, 1.82) is 0 Å². The number of hydrogen-bond acceptors (Lipinski definition) is 3. The molecule has 0 aliphatic rings. The van der Waals surface area contributed by atoms with Gasteiger partial charge in [-0.15, -0.1) is 0 Å². The lowest BCUT2D eigenvalue weighted by Crippen LogP contribution is -2.29. The van der Waals surface area contributed by atoms with Gasteiger partial charge in [-0.2, -0.15) is 0 Å². The van der Waals surface area contributed by atoms with Gasteiger partial charge in [0, 0.05) is 5.56 Å². The number of carbonyl (C=O) groups is 1. The number of urea groups is 1. The Morgan fingerprint density at radius 2 is 1.65 bits per heavy atom. The normalized spacial score (nSPS) is 10.4.